The summed E-state index contributed by atoms with van der Waals surface area (Å²) in [5.74, 6) is 0.622. The molecular formula is C13H12F3NO2. The van der Waals surface area contributed by atoms with Crippen molar-refractivity contribution in [3.8, 4) is 0 Å². The van der Waals surface area contributed by atoms with E-state index in [4.69, 9.17) is 4.42 Å². The molecule has 6 heteroatoms. The molecule has 0 spiro atoms. The van der Waals surface area contributed by atoms with Crippen molar-refractivity contribution in [2.45, 2.75) is 25.1 Å². The van der Waals surface area contributed by atoms with Gasteiger partial charge in [-0.25, -0.2) is 0 Å². The van der Waals surface area contributed by atoms with Crippen LogP contribution in [0.5, 0.6) is 0 Å². The van der Waals surface area contributed by atoms with Gasteiger partial charge < -0.3 is 9.52 Å². The van der Waals surface area contributed by atoms with Gasteiger partial charge in [0.15, 0.2) is 0 Å². The molecule has 2 heterocycles. The lowest BCUT2D eigenvalue weighted by Crippen LogP contribution is -2.13. The smallest absolute Gasteiger partial charge is 0.416 e. The number of furan rings is 1. The van der Waals surface area contributed by atoms with Crippen LogP contribution in [0.25, 0.3) is 0 Å². The average molecular weight is 271 g/mol. The topological polar surface area (TPSA) is 46.3 Å². The van der Waals surface area contributed by atoms with Gasteiger partial charge >= 0.3 is 6.18 Å². The van der Waals surface area contributed by atoms with Crippen LogP contribution in [-0.2, 0) is 12.6 Å². The van der Waals surface area contributed by atoms with E-state index >= 15 is 0 Å². The predicted octanol–water partition coefficient (Wildman–Crippen LogP) is 3.36. The Bertz CT molecular complexity index is 523. The molecule has 0 aliphatic rings. The molecule has 1 N–H and O–H groups in total. The van der Waals surface area contributed by atoms with Gasteiger partial charge in [-0.2, -0.15) is 13.2 Å². The molecule has 19 heavy (non-hydrogen) atoms. The van der Waals surface area contributed by atoms with Gasteiger partial charge in [-0.15, -0.1) is 0 Å². The SMILES string of the molecule is OC(CCc1ccco1)c1cnccc1C(F)(F)F. The number of aromatic nitrogens is 1. The van der Waals surface area contributed by atoms with Crippen LogP contribution in [0.2, 0.25) is 0 Å². The zero-order valence-electron chi connectivity index (χ0n) is 9.89. The molecular weight excluding hydrogens is 259 g/mol. The summed E-state index contributed by atoms with van der Waals surface area (Å²) in [4.78, 5) is 3.64. The molecule has 0 aliphatic carbocycles. The van der Waals surface area contributed by atoms with Crippen molar-refractivity contribution in [1.82, 2.24) is 4.98 Å². The van der Waals surface area contributed by atoms with Crippen LogP contribution in [0.3, 0.4) is 0 Å². The van der Waals surface area contributed by atoms with Gasteiger partial charge in [-0.3, -0.25) is 4.98 Å². The number of pyridine rings is 1. The zero-order chi connectivity index (χ0) is 13.9. The summed E-state index contributed by atoms with van der Waals surface area (Å²) < 4.78 is 43.4. The van der Waals surface area contributed by atoms with E-state index in [2.05, 4.69) is 4.98 Å². The number of aliphatic hydroxyl groups is 1. The minimum atomic E-state index is -4.50. The summed E-state index contributed by atoms with van der Waals surface area (Å²) in [5, 5.41) is 9.88. The first kappa shape index (κ1) is 13.6. The fourth-order valence-corrected chi connectivity index (χ4v) is 1.82. The number of hydrogen-bond donors (Lipinski definition) is 1. The van der Waals surface area contributed by atoms with Crippen LogP contribution in [-0.4, -0.2) is 10.1 Å². The summed E-state index contributed by atoms with van der Waals surface area (Å²) in [5.41, 5.74) is -1.06. The number of hydrogen-bond acceptors (Lipinski definition) is 3. The van der Waals surface area contributed by atoms with E-state index in [1.54, 1.807) is 12.1 Å². The maximum atomic E-state index is 12.8. The second kappa shape index (κ2) is 5.44. The zero-order valence-corrected chi connectivity index (χ0v) is 9.89. The van der Waals surface area contributed by atoms with Gasteiger partial charge in [-0.1, -0.05) is 0 Å². The number of rotatable bonds is 4. The Morgan fingerprint density at radius 3 is 2.74 bits per heavy atom. The van der Waals surface area contributed by atoms with Gasteiger partial charge in [0.25, 0.3) is 0 Å². The monoisotopic (exact) mass is 271 g/mol. The van der Waals surface area contributed by atoms with E-state index in [-0.39, 0.29) is 12.0 Å². The van der Waals surface area contributed by atoms with Crippen molar-refractivity contribution < 1.29 is 22.7 Å². The van der Waals surface area contributed by atoms with E-state index in [0.29, 0.717) is 12.2 Å². The lowest BCUT2D eigenvalue weighted by Gasteiger charge is -2.16. The van der Waals surface area contributed by atoms with E-state index < -0.39 is 17.8 Å². The Morgan fingerprint density at radius 1 is 1.32 bits per heavy atom. The van der Waals surface area contributed by atoms with Gasteiger partial charge in [0, 0.05) is 24.4 Å². The van der Waals surface area contributed by atoms with E-state index in [1.165, 1.54) is 6.26 Å². The first-order chi connectivity index (χ1) is 8.98. The highest BCUT2D eigenvalue weighted by Gasteiger charge is 2.34. The molecule has 0 bridgehead atoms. The second-order valence-corrected chi connectivity index (χ2v) is 4.09. The first-order valence-corrected chi connectivity index (χ1v) is 5.70. The fourth-order valence-electron chi connectivity index (χ4n) is 1.82. The number of halogens is 3. The maximum absolute atomic E-state index is 12.8. The average Bonchev–Trinajstić information content (AvgIpc) is 2.88. The van der Waals surface area contributed by atoms with Crippen LogP contribution in [0.15, 0.2) is 41.3 Å². The lowest BCUT2D eigenvalue weighted by molar-refractivity contribution is -0.139. The standard InChI is InChI=1S/C13H12F3NO2/c14-13(15,16)11-5-6-17-8-10(11)12(18)4-3-9-2-1-7-19-9/h1-2,5-8,12,18H,3-4H2. The van der Waals surface area contributed by atoms with Crippen molar-refractivity contribution >= 4 is 0 Å². The lowest BCUT2D eigenvalue weighted by atomic mass is 10.0. The molecule has 0 aromatic carbocycles. The summed E-state index contributed by atoms with van der Waals surface area (Å²) in [6.07, 6.45) is -1.63. The molecule has 0 fully saturated rings. The highest BCUT2D eigenvalue weighted by molar-refractivity contribution is 5.28. The fraction of sp³-hybridized carbons (Fsp3) is 0.308. The van der Waals surface area contributed by atoms with Crippen LogP contribution in [0.4, 0.5) is 13.2 Å². The molecule has 0 saturated heterocycles. The molecule has 2 aromatic rings. The van der Waals surface area contributed by atoms with Crippen molar-refractivity contribution in [3.63, 3.8) is 0 Å². The second-order valence-electron chi connectivity index (χ2n) is 4.09. The molecule has 0 aliphatic heterocycles. The highest BCUT2D eigenvalue weighted by atomic mass is 19.4. The molecule has 102 valence electrons. The largest absolute Gasteiger partial charge is 0.469 e. The minimum Gasteiger partial charge on any atom is -0.469 e. The number of nitrogens with zero attached hydrogens (tertiary/aromatic N) is 1. The Labute approximate surface area is 107 Å². The minimum absolute atomic E-state index is 0.141. The Kier molecular flexibility index (Phi) is 3.90. The van der Waals surface area contributed by atoms with Gasteiger partial charge in [0.1, 0.15) is 5.76 Å². The van der Waals surface area contributed by atoms with E-state index in [9.17, 15) is 18.3 Å². The van der Waals surface area contributed by atoms with E-state index in [0.717, 1.165) is 18.5 Å². The van der Waals surface area contributed by atoms with Gasteiger partial charge in [0.2, 0.25) is 0 Å². The molecule has 2 aromatic heterocycles. The summed E-state index contributed by atoms with van der Waals surface area (Å²) in [6.45, 7) is 0. The van der Waals surface area contributed by atoms with Crippen LogP contribution < -0.4 is 0 Å². The summed E-state index contributed by atoms with van der Waals surface area (Å²) >= 11 is 0. The van der Waals surface area contributed by atoms with Gasteiger partial charge in [0.05, 0.1) is 17.9 Å². The van der Waals surface area contributed by atoms with Crippen molar-refractivity contribution in [2.24, 2.45) is 0 Å². The third-order valence-electron chi connectivity index (χ3n) is 2.76. The van der Waals surface area contributed by atoms with Crippen LogP contribution in [0, 0.1) is 0 Å². The van der Waals surface area contributed by atoms with Crippen molar-refractivity contribution in [2.75, 3.05) is 0 Å². The Balaban J connectivity index is 2.12. The number of aliphatic hydroxyl groups excluding tert-OH is 1. The van der Waals surface area contributed by atoms with Crippen LogP contribution in [0.1, 0.15) is 29.4 Å². The number of aryl methyl sites for hydroxylation is 1. The molecule has 0 saturated carbocycles. The molecule has 2 rings (SSSR count). The van der Waals surface area contributed by atoms with Crippen molar-refractivity contribution in [1.29, 1.82) is 0 Å². The Hall–Kier alpha value is -1.82. The molecule has 3 nitrogen and oxygen atoms in total. The third-order valence-corrected chi connectivity index (χ3v) is 2.76. The molecule has 0 amide bonds. The van der Waals surface area contributed by atoms with E-state index in [1.807, 2.05) is 0 Å². The molecule has 1 unspecified atom stereocenters. The highest BCUT2D eigenvalue weighted by Crippen LogP contribution is 2.35. The quantitative estimate of drug-likeness (QED) is 0.927. The molecule has 1 atom stereocenters. The summed E-state index contributed by atoms with van der Waals surface area (Å²) in [7, 11) is 0. The van der Waals surface area contributed by atoms with Crippen LogP contribution >= 0.6 is 0 Å². The predicted molar refractivity (Wildman–Crippen MR) is 61.2 cm³/mol. The van der Waals surface area contributed by atoms with Gasteiger partial charge in [-0.05, 0) is 24.6 Å². The first-order valence-electron chi connectivity index (χ1n) is 5.70. The van der Waals surface area contributed by atoms with Crippen molar-refractivity contribution in [3.05, 3.63) is 53.7 Å². The molecule has 0 radical (unpaired) electrons. The maximum Gasteiger partial charge on any atom is 0.416 e. The summed E-state index contributed by atoms with van der Waals surface area (Å²) in [6, 6.07) is 4.26. The number of alkyl halides is 3. The Morgan fingerprint density at radius 2 is 2.11 bits per heavy atom. The normalized spacial score (nSPS) is 13.5. The third kappa shape index (κ3) is 3.35.